The smallest absolute Gasteiger partial charge is 0.259 e. The van der Waals surface area contributed by atoms with Gasteiger partial charge in [0.25, 0.3) is 5.91 Å². The second-order valence-electron chi connectivity index (χ2n) is 3.38. The molecule has 0 bridgehead atoms. The van der Waals surface area contributed by atoms with Crippen LogP contribution in [0.3, 0.4) is 0 Å². The minimum Gasteiger partial charge on any atom is -0.364 e. The Kier molecular flexibility index (Phi) is 2.49. The Morgan fingerprint density at radius 3 is 2.93 bits per heavy atom. The number of hydrogen-bond donors (Lipinski definition) is 1. The highest BCUT2D eigenvalue weighted by Gasteiger charge is 2.23. The number of carbonyl (C=O) groups is 1. The van der Waals surface area contributed by atoms with Gasteiger partial charge in [0.15, 0.2) is 0 Å². The van der Waals surface area contributed by atoms with Crippen molar-refractivity contribution in [3.8, 4) is 0 Å². The molecule has 1 aromatic heterocycles. The number of aromatic nitrogens is 1. The standard InChI is InChI=1S/C9H13N3O2/c10-5-8-7(6-14-11-8)9(13)12-3-1-2-4-12/h6H,1-5,10H2. The first-order valence-corrected chi connectivity index (χ1v) is 4.75. The zero-order valence-electron chi connectivity index (χ0n) is 7.90. The van der Waals surface area contributed by atoms with Crippen LogP contribution in [0.5, 0.6) is 0 Å². The van der Waals surface area contributed by atoms with Crippen LogP contribution in [-0.4, -0.2) is 29.1 Å². The van der Waals surface area contributed by atoms with Gasteiger partial charge in [-0.3, -0.25) is 4.79 Å². The van der Waals surface area contributed by atoms with E-state index in [1.165, 1.54) is 6.26 Å². The average Bonchev–Trinajstić information content (AvgIpc) is 2.87. The zero-order valence-corrected chi connectivity index (χ0v) is 7.90. The third-order valence-electron chi connectivity index (χ3n) is 2.46. The molecule has 76 valence electrons. The summed E-state index contributed by atoms with van der Waals surface area (Å²) in [5.41, 5.74) is 6.49. The average molecular weight is 195 g/mol. The molecule has 2 heterocycles. The fourth-order valence-corrected chi connectivity index (χ4v) is 1.67. The van der Waals surface area contributed by atoms with Gasteiger partial charge >= 0.3 is 0 Å². The first-order chi connectivity index (χ1) is 6.83. The molecule has 0 radical (unpaired) electrons. The minimum absolute atomic E-state index is 0.01000. The maximum Gasteiger partial charge on any atom is 0.259 e. The summed E-state index contributed by atoms with van der Waals surface area (Å²) >= 11 is 0. The summed E-state index contributed by atoms with van der Waals surface area (Å²) in [4.78, 5) is 13.7. The molecule has 1 aliphatic rings. The van der Waals surface area contributed by atoms with E-state index in [-0.39, 0.29) is 12.5 Å². The molecule has 1 amide bonds. The van der Waals surface area contributed by atoms with Crippen LogP contribution >= 0.6 is 0 Å². The van der Waals surface area contributed by atoms with Crippen molar-refractivity contribution in [2.24, 2.45) is 5.73 Å². The molecule has 5 heteroatoms. The van der Waals surface area contributed by atoms with E-state index in [9.17, 15) is 4.79 Å². The predicted molar refractivity (Wildman–Crippen MR) is 49.5 cm³/mol. The molecular formula is C9H13N3O2. The van der Waals surface area contributed by atoms with Crippen molar-refractivity contribution in [2.45, 2.75) is 19.4 Å². The van der Waals surface area contributed by atoms with Gasteiger partial charge in [-0.25, -0.2) is 0 Å². The van der Waals surface area contributed by atoms with Crippen LogP contribution in [0.2, 0.25) is 0 Å². The van der Waals surface area contributed by atoms with Gasteiger partial charge in [0, 0.05) is 19.6 Å². The molecule has 14 heavy (non-hydrogen) atoms. The summed E-state index contributed by atoms with van der Waals surface area (Å²) in [6.07, 6.45) is 3.53. The number of hydrogen-bond acceptors (Lipinski definition) is 4. The summed E-state index contributed by atoms with van der Waals surface area (Å²) < 4.78 is 4.74. The SMILES string of the molecule is NCc1nocc1C(=O)N1CCCC1. The predicted octanol–water partition coefficient (Wildman–Crippen LogP) is 0.369. The van der Waals surface area contributed by atoms with Gasteiger partial charge < -0.3 is 15.2 Å². The van der Waals surface area contributed by atoms with Crippen molar-refractivity contribution in [1.29, 1.82) is 0 Å². The number of amides is 1. The van der Waals surface area contributed by atoms with E-state index in [4.69, 9.17) is 10.3 Å². The third kappa shape index (κ3) is 1.50. The quantitative estimate of drug-likeness (QED) is 0.740. The van der Waals surface area contributed by atoms with Crippen LogP contribution in [0.15, 0.2) is 10.8 Å². The minimum atomic E-state index is -0.01000. The number of likely N-dealkylation sites (tertiary alicyclic amines) is 1. The maximum absolute atomic E-state index is 11.9. The van der Waals surface area contributed by atoms with Gasteiger partial charge in [0.2, 0.25) is 0 Å². The summed E-state index contributed by atoms with van der Waals surface area (Å²) in [5.74, 6) is -0.01000. The zero-order chi connectivity index (χ0) is 9.97. The summed E-state index contributed by atoms with van der Waals surface area (Å²) in [7, 11) is 0. The second kappa shape index (κ2) is 3.79. The second-order valence-corrected chi connectivity index (χ2v) is 3.38. The lowest BCUT2D eigenvalue weighted by molar-refractivity contribution is 0.0791. The lowest BCUT2D eigenvalue weighted by atomic mass is 10.2. The summed E-state index contributed by atoms with van der Waals surface area (Å²) in [5, 5.41) is 3.68. The van der Waals surface area contributed by atoms with Crippen molar-refractivity contribution in [3.05, 3.63) is 17.5 Å². The Morgan fingerprint density at radius 1 is 1.57 bits per heavy atom. The Labute approximate surface area is 81.8 Å². The van der Waals surface area contributed by atoms with E-state index in [0.717, 1.165) is 25.9 Å². The van der Waals surface area contributed by atoms with Crippen LogP contribution in [0.4, 0.5) is 0 Å². The lowest BCUT2D eigenvalue weighted by Gasteiger charge is -2.13. The van der Waals surface area contributed by atoms with Gasteiger partial charge in [-0.1, -0.05) is 5.16 Å². The molecule has 2 rings (SSSR count). The van der Waals surface area contributed by atoms with E-state index < -0.39 is 0 Å². The van der Waals surface area contributed by atoms with Crippen molar-refractivity contribution >= 4 is 5.91 Å². The fourth-order valence-electron chi connectivity index (χ4n) is 1.67. The molecule has 0 unspecified atom stereocenters. The first kappa shape index (κ1) is 9.21. The van der Waals surface area contributed by atoms with Crippen LogP contribution in [0.1, 0.15) is 28.9 Å². The fraction of sp³-hybridized carbons (Fsp3) is 0.556. The van der Waals surface area contributed by atoms with Crippen LogP contribution in [0, 0.1) is 0 Å². The van der Waals surface area contributed by atoms with Gasteiger partial charge in [-0.2, -0.15) is 0 Å². The molecule has 2 N–H and O–H groups in total. The number of nitrogens with zero attached hydrogens (tertiary/aromatic N) is 2. The number of nitrogens with two attached hydrogens (primary N) is 1. The highest BCUT2D eigenvalue weighted by atomic mass is 16.5. The molecule has 1 aromatic rings. The van der Waals surface area contributed by atoms with E-state index >= 15 is 0 Å². The molecule has 0 aromatic carbocycles. The van der Waals surface area contributed by atoms with Gasteiger partial charge in [0.05, 0.1) is 0 Å². The van der Waals surface area contributed by atoms with Crippen molar-refractivity contribution < 1.29 is 9.32 Å². The number of carbonyl (C=O) groups excluding carboxylic acids is 1. The van der Waals surface area contributed by atoms with E-state index in [1.807, 2.05) is 4.90 Å². The first-order valence-electron chi connectivity index (χ1n) is 4.75. The lowest BCUT2D eigenvalue weighted by Crippen LogP contribution is -2.28. The summed E-state index contributed by atoms with van der Waals surface area (Å²) in [6.45, 7) is 1.90. The van der Waals surface area contributed by atoms with Gasteiger partial charge in [-0.05, 0) is 12.8 Å². The van der Waals surface area contributed by atoms with E-state index in [1.54, 1.807) is 0 Å². The molecule has 1 fully saturated rings. The Morgan fingerprint density at radius 2 is 2.29 bits per heavy atom. The maximum atomic E-state index is 11.9. The molecule has 1 aliphatic heterocycles. The molecule has 0 spiro atoms. The normalized spacial score (nSPS) is 16.2. The van der Waals surface area contributed by atoms with Crippen molar-refractivity contribution in [3.63, 3.8) is 0 Å². The van der Waals surface area contributed by atoms with Crippen LogP contribution < -0.4 is 5.73 Å². The highest BCUT2D eigenvalue weighted by molar-refractivity contribution is 5.95. The largest absolute Gasteiger partial charge is 0.364 e. The van der Waals surface area contributed by atoms with E-state index in [2.05, 4.69) is 5.16 Å². The van der Waals surface area contributed by atoms with Crippen LogP contribution in [0.25, 0.3) is 0 Å². The molecule has 1 saturated heterocycles. The number of rotatable bonds is 2. The molecule has 5 nitrogen and oxygen atoms in total. The Balaban J connectivity index is 2.17. The topological polar surface area (TPSA) is 72.4 Å². The highest BCUT2D eigenvalue weighted by Crippen LogP contribution is 2.14. The Hall–Kier alpha value is -1.36. The van der Waals surface area contributed by atoms with E-state index in [0.29, 0.717) is 11.3 Å². The Bertz CT molecular complexity index is 329. The van der Waals surface area contributed by atoms with Gasteiger partial charge in [0.1, 0.15) is 17.5 Å². The molecular weight excluding hydrogens is 182 g/mol. The van der Waals surface area contributed by atoms with Crippen molar-refractivity contribution in [1.82, 2.24) is 10.1 Å². The monoisotopic (exact) mass is 195 g/mol. The molecule has 0 atom stereocenters. The third-order valence-corrected chi connectivity index (χ3v) is 2.46. The van der Waals surface area contributed by atoms with Crippen LogP contribution in [-0.2, 0) is 6.54 Å². The molecule has 0 aliphatic carbocycles. The van der Waals surface area contributed by atoms with Crippen molar-refractivity contribution in [2.75, 3.05) is 13.1 Å². The molecule has 0 saturated carbocycles. The summed E-state index contributed by atoms with van der Waals surface area (Å²) in [6, 6.07) is 0. The van der Waals surface area contributed by atoms with Gasteiger partial charge in [-0.15, -0.1) is 0 Å².